The number of rotatable bonds is 16. The molecule has 14 nitrogen and oxygen atoms in total. The van der Waals surface area contributed by atoms with Crippen LogP contribution in [0, 0.1) is 0 Å². The third-order valence-corrected chi connectivity index (χ3v) is 7.80. The highest BCUT2D eigenvalue weighted by molar-refractivity contribution is 9.10. The number of amides is 2. The summed E-state index contributed by atoms with van der Waals surface area (Å²) in [6.07, 6.45) is 0.306. The molecule has 4 rings (SSSR count). The smallest absolute Gasteiger partial charge is 0.338 e. The normalized spacial score (nSPS) is 14.7. The van der Waals surface area contributed by atoms with Crippen molar-refractivity contribution in [3.63, 3.8) is 0 Å². The van der Waals surface area contributed by atoms with Crippen LogP contribution in [0.15, 0.2) is 75.4 Å². The number of hydrogen-bond acceptors (Lipinski definition) is 12. The molecule has 2 amide bonds. The molecule has 50 heavy (non-hydrogen) atoms. The number of carbonyl (C=O) groups excluding carboxylic acids is 3. The maximum Gasteiger partial charge on any atom is 0.338 e. The standard InChI is InChI=1S/C35H39BrN4O10/c1-6-47-27-16-24(31-30(34(43)46-5)20(3)38-35(44)39-31)12-13-26(27)49-19-29(41)40-37-17-22-14-25(36)32(28(15-22)45-4)50-18-21-8-10-23(11-9-21)33(42)48-7-2/h8-17,29,31,40-41H,6-7,18-19H2,1-5H3,(H2,38,39,44)/b37-17+/t29-,31+/m1/s1. The molecule has 266 valence electrons. The molecule has 0 fully saturated rings. The van der Waals surface area contributed by atoms with Crippen molar-refractivity contribution in [1.82, 2.24) is 16.1 Å². The molecule has 0 aliphatic carbocycles. The lowest BCUT2D eigenvalue weighted by molar-refractivity contribution is -0.136. The number of hydrazone groups is 1. The van der Waals surface area contributed by atoms with E-state index in [1.54, 1.807) is 75.4 Å². The van der Waals surface area contributed by atoms with Crippen LogP contribution < -0.4 is 35.0 Å². The molecule has 2 atom stereocenters. The van der Waals surface area contributed by atoms with Crippen LogP contribution in [0.1, 0.15) is 53.9 Å². The number of carbonyl (C=O) groups is 3. The summed E-state index contributed by atoms with van der Waals surface area (Å²) in [6.45, 7) is 5.84. The molecule has 3 aromatic carbocycles. The molecule has 3 aromatic rings. The van der Waals surface area contributed by atoms with Crippen LogP contribution in [0.5, 0.6) is 23.0 Å². The highest BCUT2D eigenvalue weighted by Crippen LogP contribution is 2.37. The minimum atomic E-state index is -1.19. The third-order valence-electron chi connectivity index (χ3n) is 7.21. The number of allylic oxidation sites excluding steroid dienone is 1. The predicted molar refractivity (Wildman–Crippen MR) is 186 cm³/mol. The molecule has 0 radical (unpaired) electrons. The molecule has 0 bridgehead atoms. The predicted octanol–water partition coefficient (Wildman–Crippen LogP) is 4.73. The summed E-state index contributed by atoms with van der Waals surface area (Å²) in [7, 11) is 2.79. The summed E-state index contributed by atoms with van der Waals surface area (Å²) >= 11 is 3.52. The van der Waals surface area contributed by atoms with E-state index in [1.807, 2.05) is 0 Å². The summed E-state index contributed by atoms with van der Waals surface area (Å²) in [5.74, 6) is 0.650. The Morgan fingerprint density at radius 1 is 0.980 bits per heavy atom. The Morgan fingerprint density at radius 3 is 2.42 bits per heavy atom. The van der Waals surface area contributed by atoms with E-state index in [1.165, 1.54) is 20.4 Å². The van der Waals surface area contributed by atoms with Gasteiger partial charge in [-0.15, -0.1) is 0 Å². The number of benzene rings is 3. The molecule has 4 N–H and O–H groups in total. The quantitative estimate of drug-likeness (QED) is 0.0689. The molecule has 0 saturated carbocycles. The van der Waals surface area contributed by atoms with E-state index in [2.05, 4.69) is 37.1 Å². The number of halogens is 1. The lowest BCUT2D eigenvalue weighted by Crippen LogP contribution is -2.45. The third kappa shape index (κ3) is 9.66. The first kappa shape index (κ1) is 37.5. The van der Waals surface area contributed by atoms with Crippen molar-refractivity contribution >= 4 is 40.1 Å². The Morgan fingerprint density at radius 2 is 1.74 bits per heavy atom. The second-order valence-electron chi connectivity index (χ2n) is 10.7. The summed E-state index contributed by atoms with van der Waals surface area (Å²) in [6, 6.07) is 14.2. The fraction of sp³-hybridized carbons (Fsp3) is 0.314. The zero-order valence-corrected chi connectivity index (χ0v) is 29.8. The molecule has 15 heteroatoms. The lowest BCUT2D eigenvalue weighted by atomic mass is 9.95. The van der Waals surface area contributed by atoms with Crippen molar-refractivity contribution in [3.05, 3.63) is 92.6 Å². The number of aliphatic hydroxyl groups excluding tert-OH is 1. The van der Waals surface area contributed by atoms with Crippen molar-refractivity contribution in [1.29, 1.82) is 0 Å². The monoisotopic (exact) mass is 754 g/mol. The number of methoxy groups -OCH3 is 2. The van der Waals surface area contributed by atoms with E-state index in [4.69, 9.17) is 28.4 Å². The van der Waals surface area contributed by atoms with Gasteiger partial charge >= 0.3 is 18.0 Å². The van der Waals surface area contributed by atoms with E-state index in [9.17, 15) is 19.5 Å². The zero-order chi connectivity index (χ0) is 36.2. The van der Waals surface area contributed by atoms with Crippen LogP contribution in [0.4, 0.5) is 4.79 Å². The first-order valence-electron chi connectivity index (χ1n) is 15.6. The highest BCUT2D eigenvalue weighted by atomic mass is 79.9. The second kappa shape index (κ2) is 17.9. The van der Waals surface area contributed by atoms with Gasteiger partial charge in [-0.05, 0) is 89.8 Å². The van der Waals surface area contributed by atoms with Gasteiger partial charge in [-0.25, -0.2) is 14.4 Å². The molecule has 0 spiro atoms. The minimum absolute atomic E-state index is 0.187. The van der Waals surface area contributed by atoms with Gasteiger partial charge in [0.25, 0.3) is 0 Å². The molecule has 1 aliphatic rings. The molecular formula is C35H39BrN4O10. The SMILES string of the molecule is CCOC(=O)c1ccc(COc2c(Br)cc(/C=N/N[C@H](O)COc3ccc([C@@H]4NC(=O)NC(C)=C4C(=O)OC)cc3OCC)cc2OC)cc1. The van der Waals surface area contributed by atoms with Gasteiger partial charge in [0.2, 0.25) is 0 Å². The Hall–Kier alpha value is -5.28. The molecule has 0 saturated heterocycles. The van der Waals surface area contributed by atoms with E-state index in [-0.39, 0.29) is 24.8 Å². The van der Waals surface area contributed by atoms with E-state index in [0.29, 0.717) is 63.1 Å². The summed E-state index contributed by atoms with van der Waals surface area (Å²) in [5, 5.41) is 20.0. The molecular weight excluding hydrogens is 716 g/mol. The number of aliphatic hydroxyl groups is 1. The van der Waals surface area contributed by atoms with Crippen molar-refractivity contribution in [2.24, 2.45) is 5.10 Å². The van der Waals surface area contributed by atoms with E-state index < -0.39 is 24.3 Å². The van der Waals surface area contributed by atoms with Crippen LogP contribution in [0.2, 0.25) is 0 Å². The Balaban J connectivity index is 1.36. The van der Waals surface area contributed by atoms with Crippen LogP contribution in [0.3, 0.4) is 0 Å². The van der Waals surface area contributed by atoms with Gasteiger partial charge in [-0.3, -0.25) is 5.43 Å². The Bertz CT molecular complexity index is 1750. The van der Waals surface area contributed by atoms with Gasteiger partial charge in [0.05, 0.1) is 55.3 Å². The van der Waals surface area contributed by atoms with E-state index >= 15 is 0 Å². The number of hydrogen-bond donors (Lipinski definition) is 4. The van der Waals surface area contributed by atoms with Gasteiger partial charge in [0.15, 0.2) is 29.2 Å². The van der Waals surface area contributed by atoms with Crippen molar-refractivity contribution in [2.75, 3.05) is 34.0 Å². The number of esters is 2. The number of ether oxygens (including phenoxy) is 6. The average molecular weight is 756 g/mol. The topological polar surface area (TPSA) is 175 Å². The Labute approximate surface area is 297 Å². The molecule has 0 unspecified atom stereocenters. The summed E-state index contributed by atoms with van der Waals surface area (Å²) in [5.41, 5.74) is 5.78. The van der Waals surface area contributed by atoms with Gasteiger partial charge in [-0.1, -0.05) is 18.2 Å². The number of urea groups is 1. The van der Waals surface area contributed by atoms with Crippen LogP contribution >= 0.6 is 15.9 Å². The van der Waals surface area contributed by atoms with Gasteiger partial charge < -0.3 is 44.2 Å². The van der Waals surface area contributed by atoms with Crippen LogP contribution in [-0.4, -0.2) is 69.6 Å². The minimum Gasteiger partial charge on any atom is -0.493 e. The van der Waals surface area contributed by atoms with Crippen LogP contribution in [-0.2, 0) is 20.9 Å². The van der Waals surface area contributed by atoms with Crippen molar-refractivity contribution in [2.45, 2.75) is 39.6 Å². The first-order chi connectivity index (χ1) is 24.1. The highest BCUT2D eigenvalue weighted by Gasteiger charge is 2.32. The number of nitrogens with one attached hydrogen (secondary N) is 3. The van der Waals surface area contributed by atoms with Crippen molar-refractivity contribution < 1.29 is 47.9 Å². The Kier molecular flexibility index (Phi) is 13.5. The fourth-order valence-electron chi connectivity index (χ4n) is 4.88. The van der Waals surface area contributed by atoms with Gasteiger partial charge in [0, 0.05) is 5.70 Å². The van der Waals surface area contributed by atoms with Gasteiger partial charge in [-0.2, -0.15) is 5.10 Å². The van der Waals surface area contributed by atoms with Gasteiger partial charge in [0.1, 0.15) is 13.2 Å². The molecule has 1 heterocycles. The second-order valence-corrected chi connectivity index (χ2v) is 11.5. The zero-order valence-electron chi connectivity index (χ0n) is 28.2. The molecule has 1 aliphatic heterocycles. The number of nitrogens with zero attached hydrogens (tertiary/aromatic N) is 1. The van der Waals surface area contributed by atoms with E-state index in [0.717, 1.165) is 5.56 Å². The molecule has 0 aromatic heterocycles. The largest absolute Gasteiger partial charge is 0.493 e. The fourth-order valence-corrected chi connectivity index (χ4v) is 5.46. The van der Waals surface area contributed by atoms with Crippen LogP contribution in [0.25, 0.3) is 0 Å². The van der Waals surface area contributed by atoms with Crippen molar-refractivity contribution in [3.8, 4) is 23.0 Å². The lowest BCUT2D eigenvalue weighted by Gasteiger charge is -2.28. The average Bonchev–Trinajstić information content (AvgIpc) is 3.10. The maximum atomic E-state index is 12.5. The maximum absolute atomic E-state index is 12.5. The first-order valence-corrected chi connectivity index (χ1v) is 16.4. The summed E-state index contributed by atoms with van der Waals surface area (Å²) in [4.78, 5) is 36.6. The summed E-state index contributed by atoms with van der Waals surface area (Å²) < 4.78 is 33.7.